The Balaban J connectivity index is 3.23. The summed E-state index contributed by atoms with van der Waals surface area (Å²) in [6.07, 6.45) is 7.84. The van der Waals surface area contributed by atoms with Crippen LogP contribution in [0.2, 0.25) is 0 Å². The highest BCUT2D eigenvalue weighted by atomic mass is 16.3. The van der Waals surface area contributed by atoms with Crippen LogP contribution in [0.3, 0.4) is 0 Å². The minimum absolute atomic E-state index is 0.446. The molecule has 0 aliphatic carbocycles. The van der Waals surface area contributed by atoms with Crippen molar-refractivity contribution in [1.29, 1.82) is 0 Å². The van der Waals surface area contributed by atoms with Gasteiger partial charge in [-0.2, -0.15) is 0 Å². The maximum Gasteiger partial charge on any atom is 0.119 e. The summed E-state index contributed by atoms with van der Waals surface area (Å²) in [5.41, 5.74) is 4.20. The lowest BCUT2D eigenvalue weighted by molar-refractivity contribution is 1.18. The Labute approximate surface area is 114 Å². The van der Waals surface area contributed by atoms with Crippen LogP contribution < -0.4 is 0 Å². The molecule has 1 rings (SSSR count). The molecule has 0 fully saturated rings. The summed E-state index contributed by atoms with van der Waals surface area (Å²) in [7, 11) is 1.67. The van der Waals surface area contributed by atoms with E-state index >= 15 is 0 Å². The number of benzene rings is 1. The fraction of sp³-hybridized carbons (Fsp3) is 0.188. The second-order valence-electron chi connectivity index (χ2n) is 4.19. The van der Waals surface area contributed by atoms with Crippen molar-refractivity contribution in [1.82, 2.24) is 0 Å². The second kappa shape index (κ2) is 7.21. The van der Waals surface area contributed by atoms with Crippen LogP contribution in [0.1, 0.15) is 16.7 Å². The number of aliphatic imine (C=N–C) groups is 1. The summed E-state index contributed by atoms with van der Waals surface area (Å²) >= 11 is 0. The molecule has 0 unspecified atom stereocenters. The average molecular weight is 254 g/mol. The molecule has 3 heteroatoms. The molecule has 0 bridgehead atoms. The van der Waals surface area contributed by atoms with Crippen LogP contribution in [0.25, 0.3) is 0 Å². The Bertz CT molecular complexity index is 554. The lowest BCUT2D eigenvalue weighted by atomic mass is 9.98. The quantitative estimate of drug-likeness (QED) is 0.424. The SMILES string of the molecule is C=C/C=C(\C=C)Cc1cc(C)c(N=O)c(C=NC)c1. The van der Waals surface area contributed by atoms with Crippen LogP contribution in [0.15, 0.2) is 59.3 Å². The van der Waals surface area contributed by atoms with E-state index in [1.807, 2.05) is 25.1 Å². The summed E-state index contributed by atoms with van der Waals surface area (Å²) < 4.78 is 0. The lowest BCUT2D eigenvalue weighted by Gasteiger charge is -2.08. The van der Waals surface area contributed by atoms with Gasteiger partial charge in [-0.15, -0.1) is 4.91 Å². The highest BCUT2D eigenvalue weighted by Crippen LogP contribution is 2.25. The Morgan fingerprint density at radius 1 is 1.37 bits per heavy atom. The summed E-state index contributed by atoms with van der Waals surface area (Å²) in [6, 6.07) is 3.89. The molecule has 0 N–H and O–H groups in total. The number of allylic oxidation sites excluding steroid dienone is 4. The summed E-state index contributed by atoms with van der Waals surface area (Å²) in [6.45, 7) is 9.33. The van der Waals surface area contributed by atoms with E-state index in [-0.39, 0.29) is 0 Å². The number of nitrogens with zero attached hydrogens (tertiary/aromatic N) is 2. The molecular weight excluding hydrogens is 236 g/mol. The molecule has 0 saturated carbocycles. The first-order valence-corrected chi connectivity index (χ1v) is 5.99. The molecule has 98 valence electrons. The molecule has 0 aliphatic heterocycles. The maximum absolute atomic E-state index is 10.9. The van der Waals surface area contributed by atoms with Crippen LogP contribution in [-0.4, -0.2) is 13.3 Å². The Morgan fingerprint density at radius 2 is 2.11 bits per heavy atom. The van der Waals surface area contributed by atoms with Crippen molar-refractivity contribution in [2.24, 2.45) is 10.2 Å². The zero-order valence-corrected chi connectivity index (χ0v) is 11.4. The fourth-order valence-electron chi connectivity index (χ4n) is 1.93. The third-order valence-corrected chi connectivity index (χ3v) is 2.75. The molecular formula is C16H18N2O. The second-order valence-corrected chi connectivity index (χ2v) is 4.19. The van der Waals surface area contributed by atoms with E-state index in [4.69, 9.17) is 0 Å². The van der Waals surface area contributed by atoms with Crippen molar-refractivity contribution >= 4 is 11.9 Å². The minimum Gasteiger partial charge on any atom is -0.296 e. The molecule has 0 aromatic heterocycles. The molecule has 0 heterocycles. The van der Waals surface area contributed by atoms with Gasteiger partial charge in [0.15, 0.2) is 0 Å². The van der Waals surface area contributed by atoms with Gasteiger partial charge in [-0.25, -0.2) is 0 Å². The van der Waals surface area contributed by atoms with E-state index in [1.165, 1.54) is 0 Å². The molecule has 0 atom stereocenters. The number of hydrogen-bond acceptors (Lipinski definition) is 3. The molecule has 0 radical (unpaired) electrons. The number of rotatable bonds is 6. The van der Waals surface area contributed by atoms with Crippen LogP contribution in [0.5, 0.6) is 0 Å². The first-order valence-electron chi connectivity index (χ1n) is 5.99. The highest BCUT2D eigenvalue weighted by molar-refractivity contribution is 5.88. The zero-order chi connectivity index (χ0) is 14.3. The first kappa shape index (κ1) is 14.8. The highest BCUT2D eigenvalue weighted by Gasteiger charge is 2.08. The normalized spacial score (nSPS) is 11.6. The van der Waals surface area contributed by atoms with E-state index in [0.717, 1.165) is 28.7 Å². The van der Waals surface area contributed by atoms with Gasteiger partial charge in [0, 0.05) is 18.8 Å². The predicted octanol–water partition coefficient (Wildman–Crippen LogP) is 4.28. The lowest BCUT2D eigenvalue weighted by Crippen LogP contribution is -1.94. The minimum atomic E-state index is 0.446. The standard InChI is InChI=1S/C16H18N2O/c1-5-7-13(6-2)9-14-8-12(3)16(18-19)15(10-14)11-17-4/h5-8,10-11H,1-2,9H2,3-4H3/b13-7+,17-11?. The van der Waals surface area contributed by atoms with Gasteiger partial charge < -0.3 is 0 Å². The molecule has 1 aromatic rings. The molecule has 1 aromatic carbocycles. The third kappa shape index (κ3) is 3.85. The van der Waals surface area contributed by atoms with Gasteiger partial charge in [0.2, 0.25) is 0 Å². The van der Waals surface area contributed by atoms with Gasteiger partial charge in [-0.3, -0.25) is 4.99 Å². The van der Waals surface area contributed by atoms with E-state index in [0.29, 0.717) is 5.69 Å². The Morgan fingerprint density at radius 3 is 2.63 bits per heavy atom. The fourth-order valence-corrected chi connectivity index (χ4v) is 1.93. The van der Waals surface area contributed by atoms with E-state index in [9.17, 15) is 4.91 Å². The van der Waals surface area contributed by atoms with Gasteiger partial charge in [-0.05, 0) is 41.3 Å². The largest absolute Gasteiger partial charge is 0.296 e. The van der Waals surface area contributed by atoms with Crippen molar-refractivity contribution in [3.05, 3.63) is 70.7 Å². The zero-order valence-electron chi connectivity index (χ0n) is 11.4. The number of hydrogen-bond donors (Lipinski definition) is 0. The third-order valence-electron chi connectivity index (χ3n) is 2.75. The van der Waals surface area contributed by atoms with Gasteiger partial charge in [0.25, 0.3) is 0 Å². The van der Waals surface area contributed by atoms with Crippen molar-refractivity contribution in [3.63, 3.8) is 0 Å². The van der Waals surface area contributed by atoms with Gasteiger partial charge >= 0.3 is 0 Å². The summed E-state index contributed by atoms with van der Waals surface area (Å²) in [5.74, 6) is 0. The van der Waals surface area contributed by atoms with Crippen molar-refractivity contribution in [2.75, 3.05) is 7.05 Å². The van der Waals surface area contributed by atoms with Gasteiger partial charge in [-0.1, -0.05) is 37.5 Å². The predicted molar refractivity (Wildman–Crippen MR) is 82.3 cm³/mol. The number of nitroso groups, excluding NO2 is 1. The van der Waals surface area contributed by atoms with Crippen molar-refractivity contribution in [3.8, 4) is 0 Å². The van der Waals surface area contributed by atoms with Crippen LogP contribution in [0.4, 0.5) is 5.69 Å². The smallest absolute Gasteiger partial charge is 0.119 e. The van der Waals surface area contributed by atoms with E-state index in [2.05, 4.69) is 23.3 Å². The molecule has 3 nitrogen and oxygen atoms in total. The molecule has 0 amide bonds. The topological polar surface area (TPSA) is 41.8 Å². The summed E-state index contributed by atoms with van der Waals surface area (Å²) in [4.78, 5) is 14.8. The average Bonchev–Trinajstić information content (AvgIpc) is 2.38. The summed E-state index contributed by atoms with van der Waals surface area (Å²) in [5, 5.41) is 3.07. The Kier molecular flexibility index (Phi) is 5.61. The number of aryl methyl sites for hydroxylation is 1. The van der Waals surface area contributed by atoms with Crippen LogP contribution in [0, 0.1) is 11.8 Å². The molecule has 0 spiro atoms. The van der Waals surface area contributed by atoms with Crippen molar-refractivity contribution < 1.29 is 0 Å². The van der Waals surface area contributed by atoms with Crippen LogP contribution >= 0.6 is 0 Å². The van der Waals surface area contributed by atoms with Crippen molar-refractivity contribution in [2.45, 2.75) is 13.3 Å². The van der Waals surface area contributed by atoms with Gasteiger partial charge in [0.05, 0.1) is 0 Å². The molecule has 19 heavy (non-hydrogen) atoms. The van der Waals surface area contributed by atoms with Crippen LogP contribution in [-0.2, 0) is 6.42 Å². The first-order chi connectivity index (χ1) is 9.15. The Hall–Kier alpha value is -2.29. The monoisotopic (exact) mass is 254 g/mol. The maximum atomic E-state index is 10.9. The van der Waals surface area contributed by atoms with E-state index < -0.39 is 0 Å². The molecule has 0 aliphatic rings. The van der Waals surface area contributed by atoms with Gasteiger partial charge in [0.1, 0.15) is 5.69 Å². The van der Waals surface area contributed by atoms with E-state index in [1.54, 1.807) is 25.4 Å². The molecule has 0 saturated heterocycles.